The average Bonchev–Trinajstić information content (AvgIpc) is 2.73. The standard InChI is InChI=1S/C27H36F2/c1-2-3-4-5-19-6-8-23-17-25(12-10-21(23)14-19)26-13-11-22-15-20(16-27(28)29)7-9-24(22)18-26/h2-3,6,8,14,16,20,22,24-26H,4-5,7,9-13,15,17-18H2,1H3/t20-,22?,24-,25?,26?/m1/s1. The fourth-order valence-corrected chi connectivity index (χ4v) is 6.53. The Morgan fingerprint density at radius 1 is 0.931 bits per heavy atom. The monoisotopic (exact) mass is 398 g/mol. The Balaban J connectivity index is 1.33. The third-order valence-corrected chi connectivity index (χ3v) is 8.10. The fourth-order valence-electron chi connectivity index (χ4n) is 6.53. The molecule has 0 saturated heterocycles. The molecule has 0 amide bonds. The summed E-state index contributed by atoms with van der Waals surface area (Å²) in [6.07, 6.45) is 17.3. The van der Waals surface area contributed by atoms with Crippen molar-refractivity contribution in [1.82, 2.24) is 0 Å². The van der Waals surface area contributed by atoms with E-state index in [0.717, 1.165) is 49.9 Å². The first-order valence-corrected chi connectivity index (χ1v) is 11.9. The predicted molar refractivity (Wildman–Crippen MR) is 117 cm³/mol. The smallest absolute Gasteiger partial charge is 0.174 e. The van der Waals surface area contributed by atoms with Crippen LogP contribution < -0.4 is 0 Å². The minimum absolute atomic E-state index is 0.126. The van der Waals surface area contributed by atoms with Gasteiger partial charge in [-0.1, -0.05) is 30.4 Å². The lowest BCUT2D eigenvalue weighted by Gasteiger charge is -2.44. The summed E-state index contributed by atoms with van der Waals surface area (Å²) in [6.45, 7) is 2.09. The Bertz CT molecular complexity index is 743. The highest BCUT2D eigenvalue weighted by molar-refractivity contribution is 5.34. The Morgan fingerprint density at radius 2 is 1.69 bits per heavy atom. The number of fused-ring (bicyclic) bond motifs is 2. The van der Waals surface area contributed by atoms with Crippen molar-refractivity contribution >= 4 is 0 Å². The number of allylic oxidation sites excluding steroid dienone is 3. The van der Waals surface area contributed by atoms with Crippen LogP contribution >= 0.6 is 0 Å². The molecule has 0 nitrogen and oxygen atoms in total. The molecule has 0 aliphatic heterocycles. The van der Waals surface area contributed by atoms with Crippen LogP contribution in [0.15, 0.2) is 42.5 Å². The molecule has 0 radical (unpaired) electrons. The molecule has 3 aliphatic rings. The van der Waals surface area contributed by atoms with Gasteiger partial charge in [0, 0.05) is 0 Å². The second kappa shape index (κ2) is 9.58. The first kappa shape index (κ1) is 20.8. The van der Waals surface area contributed by atoms with Gasteiger partial charge in [0.1, 0.15) is 0 Å². The zero-order chi connectivity index (χ0) is 20.2. The molecule has 5 atom stereocenters. The summed E-state index contributed by atoms with van der Waals surface area (Å²) in [6, 6.07) is 7.21. The van der Waals surface area contributed by atoms with Crippen molar-refractivity contribution in [2.75, 3.05) is 0 Å². The Labute approximate surface area is 175 Å². The summed E-state index contributed by atoms with van der Waals surface area (Å²) >= 11 is 0. The molecule has 4 rings (SSSR count). The first-order chi connectivity index (χ1) is 14.1. The normalized spacial score (nSPS) is 31.9. The van der Waals surface area contributed by atoms with E-state index in [4.69, 9.17) is 0 Å². The summed E-state index contributed by atoms with van der Waals surface area (Å²) < 4.78 is 25.3. The number of halogens is 2. The molecular weight excluding hydrogens is 362 g/mol. The third kappa shape index (κ3) is 5.19. The number of benzene rings is 1. The highest BCUT2D eigenvalue weighted by atomic mass is 19.3. The molecule has 1 aromatic carbocycles. The molecule has 2 fully saturated rings. The number of aryl methyl sites for hydroxylation is 2. The quantitative estimate of drug-likeness (QED) is 0.442. The van der Waals surface area contributed by atoms with Gasteiger partial charge in [0.25, 0.3) is 6.08 Å². The van der Waals surface area contributed by atoms with Gasteiger partial charge < -0.3 is 0 Å². The van der Waals surface area contributed by atoms with E-state index >= 15 is 0 Å². The third-order valence-electron chi connectivity index (χ3n) is 8.10. The van der Waals surface area contributed by atoms with E-state index in [2.05, 4.69) is 37.3 Å². The topological polar surface area (TPSA) is 0 Å². The van der Waals surface area contributed by atoms with Crippen LogP contribution in [0.25, 0.3) is 0 Å². The molecule has 29 heavy (non-hydrogen) atoms. The highest BCUT2D eigenvalue weighted by Crippen LogP contribution is 2.48. The second-order valence-corrected chi connectivity index (χ2v) is 9.84. The van der Waals surface area contributed by atoms with Crippen LogP contribution in [0.5, 0.6) is 0 Å². The molecule has 0 heterocycles. The number of rotatable bonds is 5. The largest absolute Gasteiger partial charge is 0.266 e. The predicted octanol–water partition coefficient (Wildman–Crippen LogP) is 7.91. The Morgan fingerprint density at radius 3 is 2.48 bits per heavy atom. The van der Waals surface area contributed by atoms with E-state index in [1.807, 2.05) is 0 Å². The maximum atomic E-state index is 12.6. The molecule has 0 N–H and O–H groups in total. The lowest BCUT2D eigenvalue weighted by Crippen LogP contribution is -2.34. The van der Waals surface area contributed by atoms with Gasteiger partial charge in [0.15, 0.2) is 0 Å². The zero-order valence-electron chi connectivity index (χ0n) is 17.9. The maximum Gasteiger partial charge on any atom is 0.266 e. The van der Waals surface area contributed by atoms with Crippen molar-refractivity contribution < 1.29 is 8.78 Å². The summed E-state index contributed by atoms with van der Waals surface area (Å²) in [5.41, 5.74) is 4.66. The van der Waals surface area contributed by atoms with Crippen LogP contribution in [-0.4, -0.2) is 0 Å². The van der Waals surface area contributed by atoms with Crippen LogP contribution in [0, 0.1) is 29.6 Å². The molecule has 2 saturated carbocycles. The fraction of sp³-hybridized carbons (Fsp3) is 0.630. The van der Waals surface area contributed by atoms with Crippen molar-refractivity contribution in [2.45, 2.75) is 77.6 Å². The molecule has 1 aromatic rings. The van der Waals surface area contributed by atoms with Gasteiger partial charge in [-0.3, -0.25) is 0 Å². The van der Waals surface area contributed by atoms with E-state index in [-0.39, 0.29) is 5.92 Å². The lowest BCUT2D eigenvalue weighted by atomic mass is 9.61. The summed E-state index contributed by atoms with van der Waals surface area (Å²) in [5.74, 6) is 3.29. The first-order valence-electron chi connectivity index (χ1n) is 11.9. The molecule has 0 spiro atoms. The SMILES string of the molecule is CC=CCCc1ccc2c(c1)CCC(C1CCC3C[C@H](C=C(F)F)CC[C@@H]3C1)C2. The van der Waals surface area contributed by atoms with Gasteiger partial charge in [0.2, 0.25) is 0 Å². The second-order valence-electron chi connectivity index (χ2n) is 9.84. The van der Waals surface area contributed by atoms with Crippen LogP contribution in [-0.2, 0) is 19.3 Å². The Hall–Kier alpha value is -1.44. The molecular formula is C27H36F2. The highest BCUT2D eigenvalue weighted by Gasteiger charge is 2.38. The van der Waals surface area contributed by atoms with Gasteiger partial charge in [-0.2, -0.15) is 8.78 Å². The molecule has 2 heteroatoms. The maximum absolute atomic E-state index is 12.6. The van der Waals surface area contributed by atoms with Crippen molar-refractivity contribution in [3.05, 3.63) is 59.2 Å². The molecule has 0 aromatic heterocycles. The number of hydrogen-bond donors (Lipinski definition) is 0. The summed E-state index contributed by atoms with van der Waals surface area (Å²) in [5, 5.41) is 0. The Kier molecular flexibility index (Phi) is 6.88. The van der Waals surface area contributed by atoms with Crippen LogP contribution in [0.1, 0.15) is 75.0 Å². The summed E-state index contributed by atoms with van der Waals surface area (Å²) in [7, 11) is 0. The van der Waals surface area contributed by atoms with Gasteiger partial charge in [0.05, 0.1) is 0 Å². The van der Waals surface area contributed by atoms with E-state index < -0.39 is 6.08 Å². The summed E-state index contributed by atoms with van der Waals surface area (Å²) in [4.78, 5) is 0. The van der Waals surface area contributed by atoms with Crippen molar-refractivity contribution in [3.63, 3.8) is 0 Å². The van der Waals surface area contributed by atoms with Crippen molar-refractivity contribution in [1.29, 1.82) is 0 Å². The molecule has 158 valence electrons. The van der Waals surface area contributed by atoms with Gasteiger partial charge in [-0.15, -0.1) is 0 Å². The minimum Gasteiger partial charge on any atom is -0.174 e. The molecule has 3 aliphatic carbocycles. The minimum atomic E-state index is -1.48. The number of hydrogen-bond acceptors (Lipinski definition) is 0. The van der Waals surface area contributed by atoms with Gasteiger partial charge in [-0.05, 0) is 130 Å². The van der Waals surface area contributed by atoms with Crippen molar-refractivity contribution in [2.24, 2.45) is 29.6 Å². The lowest BCUT2D eigenvalue weighted by molar-refractivity contribution is 0.0803. The molecule has 3 unspecified atom stereocenters. The van der Waals surface area contributed by atoms with Crippen LogP contribution in [0.3, 0.4) is 0 Å². The van der Waals surface area contributed by atoms with Crippen LogP contribution in [0.4, 0.5) is 8.78 Å². The van der Waals surface area contributed by atoms with E-state index in [1.165, 1.54) is 50.2 Å². The zero-order valence-corrected chi connectivity index (χ0v) is 17.9. The molecule has 0 bridgehead atoms. The average molecular weight is 399 g/mol. The van der Waals surface area contributed by atoms with Crippen molar-refractivity contribution in [3.8, 4) is 0 Å². The van der Waals surface area contributed by atoms with E-state index in [0.29, 0.717) is 5.92 Å². The van der Waals surface area contributed by atoms with Crippen LogP contribution in [0.2, 0.25) is 0 Å². The van der Waals surface area contributed by atoms with Gasteiger partial charge >= 0.3 is 0 Å². The van der Waals surface area contributed by atoms with Gasteiger partial charge in [-0.25, -0.2) is 0 Å². The van der Waals surface area contributed by atoms with E-state index in [1.54, 1.807) is 11.1 Å². The van der Waals surface area contributed by atoms with E-state index in [9.17, 15) is 8.78 Å².